The van der Waals surface area contributed by atoms with Gasteiger partial charge in [0.2, 0.25) is 0 Å². The Morgan fingerprint density at radius 3 is 2.38 bits per heavy atom. The molecule has 0 saturated carbocycles. The molecule has 0 fully saturated rings. The first-order valence-electron chi connectivity index (χ1n) is 10.3. The van der Waals surface area contributed by atoms with Gasteiger partial charge in [0, 0.05) is 31.7 Å². The van der Waals surface area contributed by atoms with Crippen molar-refractivity contribution in [1.82, 2.24) is 10.0 Å². The minimum absolute atomic E-state index is 0.0147. The lowest BCUT2D eigenvalue weighted by Crippen LogP contribution is -2.49. The predicted molar refractivity (Wildman–Crippen MR) is 120 cm³/mol. The average Bonchev–Trinajstić information content (AvgIpc) is 2.77. The second-order valence-electron chi connectivity index (χ2n) is 7.80. The maximum atomic E-state index is 12.5. The molecule has 1 unspecified atom stereocenters. The summed E-state index contributed by atoms with van der Waals surface area (Å²) in [4.78, 5) is 24.5. The number of carbonyl (C=O) groups is 1. The number of aromatic nitrogens is 1. The predicted octanol–water partition coefficient (Wildman–Crippen LogP) is 1.76. The normalized spacial score (nSPS) is 13.4. The fourth-order valence-corrected chi connectivity index (χ4v) is 3.96. The number of pyridine rings is 1. The van der Waals surface area contributed by atoms with E-state index in [-0.39, 0.29) is 25.1 Å². The molecule has 1 amide bonds. The van der Waals surface area contributed by atoms with E-state index in [0.717, 1.165) is 31.1 Å². The highest BCUT2D eigenvalue weighted by Crippen LogP contribution is 2.23. The number of nitrogens with one attached hydrogen (secondary N) is 1. The van der Waals surface area contributed by atoms with Crippen molar-refractivity contribution in [2.45, 2.75) is 43.9 Å². The van der Waals surface area contributed by atoms with E-state index in [4.69, 9.17) is 15.1 Å². The van der Waals surface area contributed by atoms with E-state index >= 15 is 0 Å². The Bertz CT molecular complexity index is 1060. The summed E-state index contributed by atoms with van der Waals surface area (Å²) in [5.41, 5.74) is 2.57. The zero-order chi connectivity index (χ0) is 23.8. The van der Waals surface area contributed by atoms with Crippen LogP contribution in [0, 0.1) is 0 Å². The van der Waals surface area contributed by atoms with E-state index in [1.165, 1.54) is 23.0 Å². The highest BCUT2D eigenvalue weighted by Gasteiger charge is 2.43. The molecule has 2 aromatic rings. The van der Waals surface area contributed by atoms with Gasteiger partial charge in [-0.3, -0.25) is 14.8 Å². The molecule has 3 N–H and O–H groups in total. The molecule has 176 valence electrons. The summed E-state index contributed by atoms with van der Waals surface area (Å²) in [6.45, 7) is 1.95. The topological polar surface area (TPSA) is 135 Å². The van der Waals surface area contributed by atoms with Crippen molar-refractivity contribution < 1.29 is 28.3 Å². The van der Waals surface area contributed by atoms with Gasteiger partial charge in [-0.05, 0) is 61.9 Å². The van der Waals surface area contributed by atoms with Gasteiger partial charge < -0.3 is 14.4 Å². The van der Waals surface area contributed by atoms with Gasteiger partial charge in [0.05, 0.1) is 6.61 Å². The minimum Gasteiger partial charge on any atom is -0.494 e. The number of carbonyl (C=O) groups excluding carboxylic acids is 1. The van der Waals surface area contributed by atoms with Crippen LogP contribution in [0.2, 0.25) is 0 Å². The van der Waals surface area contributed by atoms with Gasteiger partial charge in [-0.1, -0.05) is 12.1 Å². The average molecular weight is 467 g/mol. The van der Waals surface area contributed by atoms with Crippen LogP contribution in [0.4, 0.5) is 0 Å². The molecule has 1 heterocycles. The Labute approximate surface area is 187 Å². The third-order valence-electron chi connectivity index (χ3n) is 5.48. The Kier molecular flexibility index (Phi) is 8.99. The first kappa shape index (κ1) is 25.6. The second kappa shape index (κ2) is 11.3. The summed E-state index contributed by atoms with van der Waals surface area (Å²) in [5.74, 6) is -0.325. The molecular weight excluding hydrogens is 436 g/mol. The lowest BCUT2D eigenvalue weighted by atomic mass is 10.1. The second-order valence-corrected chi connectivity index (χ2v) is 10.2. The fraction of sp³-hybridized carbons (Fsp3) is 0.455. The summed E-state index contributed by atoms with van der Waals surface area (Å²) in [7, 11) is -3.84. The number of unbranched alkanes of at least 4 members (excludes halogenated alkanes) is 2. The number of benzene rings is 1. The molecule has 0 radical (unpaired) electrons. The van der Waals surface area contributed by atoms with Crippen molar-refractivity contribution in [1.29, 1.82) is 0 Å². The molecule has 32 heavy (non-hydrogen) atoms. The number of amides is 1. The van der Waals surface area contributed by atoms with Crippen LogP contribution in [0.5, 0.6) is 5.75 Å². The molecule has 10 heteroatoms. The highest BCUT2D eigenvalue weighted by molar-refractivity contribution is 7.92. The van der Waals surface area contributed by atoms with Crippen molar-refractivity contribution in [2.75, 3.05) is 19.5 Å². The number of nitrogens with zero attached hydrogens (tertiary/aromatic N) is 1. The maximum Gasteiger partial charge on any atom is 0.264 e. The van der Waals surface area contributed by atoms with Crippen LogP contribution in [0.25, 0.3) is 11.1 Å². The smallest absolute Gasteiger partial charge is 0.264 e. The summed E-state index contributed by atoms with van der Waals surface area (Å²) < 4.78 is 29.2. The SMILES string of the molecule is CC(CCn1ccc(-c2ccc(OCCCCCO)cc2)cc1=O)(C(=O)NO)S(C)(=O)=O. The number of aliphatic hydroxyl groups is 1. The molecule has 1 aromatic carbocycles. The van der Waals surface area contributed by atoms with Crippen LogP contribution in [0.1, 0.15) is 32.6 Å². The molecular formula is C22H30N2O7S. The van der Waals surface area contributed by atoms with Crippen LogP contribution in [-0.4, -0.2) is 53.4 Å². The van der Waals surface area contributed by atoms with Crippen LogP contribution in [0.3, 0.4) is 0 Å². The molecule has 0 aliphatic carbocycles. The van der Waals surface area contributed by atoms with E-state index in [1.54, 1.807) is 12.3 Å². The molecule has 0 spiro atoms. The highest BCUT2D eigenvalue weighted by atomic mass is 32.2. The molecule has 0 aliphatic heterocycles. The van der Waals surface area contributed by atoms with E-state index < -0.39 is 20.5 Å². The van der Waals surface area contributed by atoms with Gasteiger partial charge in [0.1, 0.15) is 5.75 Å². The van der Waals surface area contributed by atoms with Crippen LogP contribution in [0.15, 0.2) is 47.4 Å². The van der Waals surface area contributed by atoms with Gasteiger partial charge in [-0.25, -0.2) is 13.9 Å². The van der Waals surface area contributed by atoms with Crippen molar-refractivity contribution in [2.24, 2.45) is 0 Å². The molecule has 0 aliphatic rings. The lowest BCUT2D eigenvalue weighted by Gasteiger charge is -2.25. The molecule has 0 bridgehead atoms. The third-order valence-corrected chi connectivity index (χ3v) is 7.51. The number of aryl methyl sites for hydroxylation is 1. The standard InChI is InChI=1S/C22H30N2O7S/c1-22(21(27)23-28,32(2,29)30)11-13-24-12-10-18(16-20(24)26)17-6-8-19(9-7-17)31-15-5-3-4-14-25/h6-10,12,16,25,28H,3-5,11,13-15H2,1-2H3,(H,23,27). The zero-order valence-electron chi connectivity index (χ0n) is 18.3. The summed E-state index contributed by atoms with van der Waals surface area (Å²) in [5, 5.41) is 17.7. The van der Waals surface area contributed by atoms with Crippen molar-refractivity contribution in [3.05, 3.63) is 52.9 Å². The summed E-state index contributed by atoms with van der Waals surface area (Å²) in [6.07, 6.45) is 4.80. The van der Waals surface area contributed by atoms with Crippen molar-refractivity contribution >= 4 is 15.7 Å². The lowest BCUT2D eigenvalue weighted by molar-refractivity contribution is -0.131. The Morgan fingerprint density at radius 1 is 1.12 bits per heavy atom. The Balaban J connectivity index is 2.07. The van der Waals surface area contributed by atoms with Gasteiger partial charge in [0.15, 0.2) is 14.6 Å². The van der Waals surface area contributed by atoms with E-state index in [0.29, 0.717) is 17.9 Å². The number of hydrogen-bond acceptors (Lipinski definition) is 7. The van der Waals surface area contributed by atoms with Crippen LogP contribution < -0.4 is 15.8 Å². The number of ether oxygens (including phenoxy) is 1. The largest absolute Gasteiger partial charge is 0.494 e. The third kappa shape index (κ3) is 6.41. The Hall–Kier alpha value is -2.69. The zero-order valence-corrected chi connectivity index (χ0v) is 19.1. The van der Waals surface area contributed by atoms with Gasteiger partial charge in [-0.15, -0.1) is 0 Å². The summed E-state index contributed by atoms with van der Waals surface area (Å²) >= 11 is 0. The van der Waals surface area contributed by atoms with Crippen molar-refractivity contribution in [3.8, 4) is 16.9 Å². The van der Waals surface area contributed by atoms with E-state index in [1.807, 2.05) is 24.3 Å². The van der Waals surface area contributed by atoms with E-state index in [9.17, 15) is 18.0 Å². The van der Waals surface area contributed by atoms with Crippen molar-refractivity contribution in [3.63, 3.8) is 0 Å². The number of rotatable bonds is 12. The fourth-order valence-electron chi connectivity index (χ4n) is 3.12. The summed E-state index contributed by atoms with van der Waals surface area (Å²) in [6, 6.07) is 10.5. The monoisotopic (exact) mass is 466 g/mol. The number of hydroxylamine groups is 1. The molecule has 1 atom stereocenters. The molecule has 2 rings (SSSR count). The van der Waals surface area contributed by atoms with Gasteiger partial charge in [0.25, 0.3) is 11.5 Å². The number of hydrogen-bond donors (Lipinski definition) is 3. The van der Waals surface area contributed by atoms with Gasteiger partial charge >= 0.3 is 0 Å². The molecule has 1 aromatic heterocycles. The first-order valence-corrected chi connectivity index (χ1v) is 12.2. The molecule has 0 saturated heterocycles. The van der Waals surface area contributed by atoms with Crippen LogP contribution in [-0.2, 0) is 21.2 Å². The quantitative estimate of drug-likeness (QED) is 0.246. The number of sulfone groups is 1. The van der Waals surface area contributed by atoms with E-state index in [2.05, 4.69) is 0 Å². The molecule has 9 nitrogen and oxygen atoms in total. The number of aliphatic hydroxyl groups excluding tert-OH is 1. The minimum atomic E-state index is -3.84. The van der Waals surface area contributed by atoms with Gasteiger partial charge in [-0.2, -0.15) is 0 Å². The maximum absolute atomic E-state index is 12.5. The van der Waals surface area contributed by atoms with Crippen LogP contribution >= 0.6 is 0 Å². The first-order chi connectivity index (χ1) is 15.1. The Morgan fingerprint density at radius 2 is 1.81 bits per heavy atom.